The Hall–Kier alpha value is -0.130. The summed E-state index contributed by atoms with van der Waals surface area (Å²) in [6.45, 7) is 8.29. The molecule has 0 spiro atoms. The monoisotopic (exact) mass is 221 g/mol. The second kappa shape index (κ2) is 3.79. The molecule has 84 valence electrons. The zero-order valence-electron chi connectivity index (χ0n) is 9.28. The number of hydrogen-bond donors (Lipinski definition) is 0. The van der Waals surface area contributed by atoms with Crippen molar-refractivity contribution >= 4 is 10.0 Å². The van der Waals surface area contributed by atoms with Crippen LogP contribution in [-0.4, -0.2) is 43.3 Å². The van der Waals surface area contributed by atoms with Crippen molar-refractivity contribution < 1.29 is 13.2 Å². The molecule has 1 rings (SSSR count). The third-order valence-corrected chi connectivity index (χ3v) is 4.56. The number of morpholine rings is 1. The molecule has 1 aliphatic rings. The van der Waals surface area contributed by atoms with Crippen molar-refractivity contribution in [1.82, 2.24) is 4.31 Å². The second-order valence-corrected chi connectivity index (χ2v) is 6.55. The second-order valence-electron chi connectivity index (χ2n) is 4.37. The maximum absolute atomic E-state index is 11.8. The van der Waals surface area contributed by atoms with Crippen molar-refractivity contribution in [2.45, 2.75) is 39.3 Å². The fourth-order valence-electron chi connectivity index (χ4n) is 1.60. The first kappa shape index (κ1) is 11.9. The van der Waals surface area contributed by atoms with Crippen LogP contribution in [0.2, 0.25) is 0 Å². The minimum atomic E-state index is -3.11. The van der Waals surface area contributed by atoms with Gasteiger partial charge in [0.25, 0.3) is 0 Å². The molecule has 1 fully saturated rings. The van der Waals surface area contributed by atoms with Gasteiger partial charge in [0.2, 0.25) is 10.0 Å². The summed E-state index contributed by atoms with van der Waals surface area (Å²) in [7, 11) is -3.11. The molecule has 5 heteroatoms. The van der Waals surface area contributed by atoms with Gasteiger partial charge >= 0.3 is 0 Å². The quantitative estimate of drug-likeness (QED) is 0.694. The van der Waals surface area contributed by atoms with E-state index in [9.17, 15) is 8.42 Å². The molecule has 0 bridgehead atoms. The smallest absolute Gasteiger partial charge is 0.214 e. The molecule has 1 heterocycles. The molecule has 14 heavy (non-hydrogen) atoms. The third kappa shape index (κ3) is 2.27. The van der Waals surface area contributed by atoms with Gasteiger partial charge in [0.15, 0.2) is 0 Å². The fourth-order valence-corrected chi connectivity index (χ4v) is 3.15. The SMILES string of the molecule is CCS(=O)(=O)N1C[C@H](C)OCC1(C)C. The summed E-state index contributed by atoms with van der Waals surface area (Å²) in [6, 6.07) is 0. The Labute approximate surface area is 86.3 Å². The van der Waals surface area contributed by atoms with Gasteiger partial charge in [-0.05, 0) is 27.7 Å². The van der Waals surface area contributed by atoms with Gasteiger partial charge in [-0.2, -0.15) is 4.31 Å². The molecule has 0 saturated carbocycles. The number of hydrogen-bond acceptors (Lipinski definition) is 3. The van der Waals surface area contributed by atoms with Crippen molar-refractivity contribution in [3.05, 3.63) is 0 Å². The molecule has 4 nitrogen and oxygen atoms in total. The summed E-state index contributed by atoms with van der Waals surface area (Å²) in [6.07, 6.45) is -0.00986. The number of nitrogens with zero attached hydrogens (tertiary/aromatic N) is 1. The normalized spacial score (nSPS) is 29.0. The van der Waals surface area contributed by atoms with Crippen LogP contribution in [0.3, 0.4) is 0 Å². The summed E-state index contributed by atoms with van der Waals surface area (Å²) in [5.74, 6) is 0.156. The predicted octanol–water partition coefficient (Wildman–Crippen LogP) is 0.835. The summed E-state index contributed by atoms with van der Waals surface area (Å²) in [5, 5.41) is 0. The third-order valence-electron chi connectivity index (χ3n) is 2.52. The highest BCUT2D eigenvalue weighted by atomic mass is 32.2. The lowest BCUT2D eigenvalue weighted by atomic mass is 10.1. The Balaban J connectivity index is 2.94. The van der Waals surface area contributed by atoms with E-state index in [0.29, 0.717) is 13.2 Å². The molecular weight excluding hydrogens is 202 g/mol. The van der Waals surface area contributed by atoms with E-state index < -0.39 is 15.6 Å². The van der Waals surface area contributed by atoms with Crippen LogP contribution in [0.1, 0.15) is 27.7 Å². The zero-order chi connectivity index (χ0) is 11.0. The Morgan fingerprint density at radius 1 is 1.50 bits per heavy atom. The first-order chi connectivity index (χ1) is 6.29. The van der Waals surface area contributed by atoms with Crippen LogP contribution in [0.15, 0.2) is 0 Å². The van der Waals surface area contributed by atoms with E-state index in [1.54, 1.807) is 11.2 Å². The number of sulfonamides is 1. The summed E-state index contributed by atoms with van der Waals surface area (Å²) >= 11 is 0. The van der Waals surface area contributed by atoms with Gasteiger partial charge < -0.3 is 4.74 Å². The van der Waals surface area contributed by atoms with Crippen LogP contribution >= 0.6 is 0 Å². The van der Waals surface area contributed by atoms with Crippen LogP contribution in [0.25, 0.3) is 0 Å². The highest BCUT2D eigenvalue weighted by Gasteiger charge is 2.40. The van der Waals surface area contributed by atoms with E-state index in [4.69, 9.17) is 4.74 Å². The minimum absolute atomic E-state index is 0.00986. The van der Waals surface area contributed by atoms with Gasteiger partial charge in [0.1, 0.15) is 0 Å². The van der Waals surface area contributed by atoms with Crippen molar-refractivity contribution in [2.24, 2.45) is 0 Å². The van der Waals surface area contributed by atoms with Crippen LogP contribution in [0.4, 0.5) is 0 Å². The van der Waals surface area contributed by atoms with E-state index in [1.165, 1.54) is 0 Å². The van der Waals surface area contributed by atoms with E-state index in [0.717, 1.165) is 0 Å². The molecular formula is C9H19NO3S. The maximum atomic E-state index is 11.8. The molecule has 0 aromatic rings. The lowest BCUT2D eigenvalue weighted by Gasteiger charge is -2.43. The lowest BCUT2D eigenvalue weighted by Crippen LogP contribution is -2.57. The van der Waals surface area contributed by atoms with Crippen molar-refractivity contribution in [3.63, 3.8) is 0 Å². The standard InChI is InChI=1S/C9H19NO3S/c1-5-14(11,12)10-6-8(2)13-7-9(10,3)4/h8H,5-7H2,1-4H3/t8-/m0/s1. The molecule has 0 unspecified atom stereocenters. The molecule has 1 atom stereocenters. The average Bonchev–Trinajstić information content (AvgIpc) is 2.09. The molecule has 0 aromatic heterocycles. The van der Waals surface area contributed by atoms with Crippen LogP contribution in [-0.2, 0) is 14.8 Å². The number of ether oxygens (including phenoxy) is 1. The van der Waals surface area contributed by atoms with E-state index in [-0.39, 0.29) is 11.9 Å². The van der Waals surface area contributed by atoms with Crippen LogP contribution in [0, 0.1) is 0 Å². The Morgan fingerprint density at radius 3 is 2.57 bits per heavy atom. The molecule has 0 aliphatic carbocycles. The largest absolute Gasteiger partial charge is 0.375 e. The summed E-state index contributed by atoms with van der Waals surface area (Å²) in [5.41, 5.74) is -0.415. The van der Waals surface area contributed by atoms with Gasteiger partial charge in [0, 0.05) is 6.54 Å². The molecule has 1 saturated heterocycles. The Kier molecular flexibility index (Phi) is 3.23. The minimum Gasteiger partial charge on any atom is -0.375 e. The lowest BCUT2D eigenvalue weighted by molar-refractivity contribution is -0.0550. The van der Waals surface area contributed by atoms with Crippen molar-refractivity contribution in [2.75, 3.05) is 18.9 Å². The van der Waals surface area contributed by atoms with E-state index in [1.807, 2.05) is 20.8 Å². The fraction of sp³-hybridized carbons (Fsp3) is 1.00. The van der Waals surface area contributed by atoms with Gasteiger partial charge in [-0.3, -0.25) is 0 Å². The highest BCUT2D eigenvalue weighted by Crippen LogP contribution is 2.25. The summed E-state index contributed by atoms with van der Waals surface area (Å²) in [4.78, 5) is 0. The topological polar surface area (TPSA) is 46.6 Å². The van der Waals surface area contributed by atoms with Crippen LogP contribution < -0.4 is 0 Å². The summed E-state index contributed by atoms with van der Waals surface area (Å²) < 4.78 is 30.6. The maximum Gasteiger partial charge on any atom is 0.214 e. The van der Waals surface area contributed by atoms with E-state index in [2.05, 4.69) is 0 Å². The van der Waals surface area contributed by atoms with Crippen molar-refractivity contribution in [3.8, 4) is 0 Å². The van der Waals surface area contributed by atoms with E-state index >= 15 is 0 Å². The van der Waals surface area contributed by atoms with Gasteiger partial charge in [-0.15, -0.1) is 0 Å². The van der Waals surface area contributed by atoms with Gasteiger partial charge in [-0.1, -0.05) is 0 Å². The molecule has 0 amide bonds. The zero-order valence-corrected chi connectivity index (χ0v) is 10.1. The van der Waals surface area contributed by atoms with Gasteiger partial charge in [-0.25, -0.2) is 8.42 Å². The van der Waals surface area contributed by atoms with Gasteiger partial charge in [0.05, 0.1) is 24.0 Å². The first-order valence-electron chi connectivity index (χ1n) is 4.92. The molecule has 1 aliphatic heterocycles. The predicted molar refractivity (Wildman–Crippen MR) is 55.7 cm³/mol. The van der Waals surface area contributed by atoms with Crippen LogP contribution in [0.5, 0.6) is 0 Å². The Bertz CT molecular complexity index is 297. The molecule has 0 radical (unpaired) electrons. The number of rotatable bonds is 2. The van der Waals surface area contributed by atoms with Crippen molar-refractivity contribution in [1.29, 1.82) is 0 Å². The average molecular weight is 221 g/mol. The Morgan fingerprint density at radius 2 is 2.07 bits per heavy atom. The molecule has 0 N–H and O–H groups in total. The highest BCUT2D eigenvalue weighted by molar-refractivity contribution is 7.89. The first-order valence-corrected chi connectivity index (χ1v) is 6.52. The molecule has 0 aromatic carbocycles.